The molecule has 94 valence electrons. The SMILES string of the molecule is Cc1cccc(C(=O)C(C#N)c2ccccc2)c1Br. The molecule has 2 aromatic carbocycles. The molecule has 0 aliphatic heterocycles. The average Bonchev–Trinajstić information content (AvgIpc) is 2.44. The molecule has 0 N–H and O–H groups in total. The zero-order chi connectivity index (χ0) is 13.8. The zero-order valence-electron chi connectivity index (χ0n) is 10.4. The largest absolute Gasteiger partial charge is 0.292 e. The van der Waals surface area contributed by atoms with E-state index in [0.717, 1.165) is 15.6 Å². The van der Waals surface area contributed by atoms with Crippen molar-refractivity contribution in [1.29, 1.82) is 5.26 Å². The highest BCUT2D eigenvalue weighted by Gasteiger charge is 2.23. The predicted molar refractivity (Wildman–Crippen MR) is 78.0 cm³/mol. The van der Waals surface area contributed by atoms with Gasteiger partial charge in [-0.3, -0.25) is 4.79 Å². The molecule has 0 bridgehead atoms. The maximum Gasteiger partial charge on any atom is 0.185 e. The van der Waals surface area contributed by atoms with Gasteiger partial charge in [-0.25, -0.2) is 0 Å². The molecular weight excluding hydrogens is 302 g/mol. The van der Waals surface area contributed by atoms with Crippen LogP contribution < -0.4 is 0 Å². The molecule has 0 saturated carbocycles. The smallest absolute Gasteiger partial charge is 0.185 e. The third-order valence-corrected chi connectivity index (χ3v) is 4.03. The van der Waals surface area contributed by atoms with Crippen LogP contribution in [0.25, 0.3) is 0 Å². The van der Waals surface area contributed by atoms with E-state index in [1.165, 1.54) is 0 Å². The van der Waals surface area contributed by atoms with Gasteiger partial charge in [0.25, 0.3) is 0 Å². The van der Waals surface area contributed by atoms with Gasteiger partial charge >= 0.3 is 0 Å². The lowest BCUT2D eigenvalue weighted by molar-refractivity contribution is 0.0978. The van der Waals surface area contributed by atoms with E-state index >= 15 is 0 Å². The first-order valence-electron chi connectivity index (χ1n) is 5.89. The van der Waals surface area contributed by atoms with Gasteiger partial charge in [0.15, 0.2) is 5.78 Å². The Kier molecular flexibility index (Phi) is 4.13. The summed E-state index contributed by atoms with van der Waals surface area (Å²) in [5.74, 6) is -0.941. The molecule has 1 unspecified atom stereocenters. The molecule has 19 heavy (non-hydrogen) atoms. The van der Waals surface area contributed by atoms with Crippen molar-refractivity contribution >= 4 is 21.7 Å². The van der Waals surface area contributed by atoms with Crippen molar-refractivity contribution in [2.75, 3.05) is 0 Å². The zero-order valence-corrected chi connectivity index (χ0v) is 12.0. The van der Waals surface area contributed by atoms with Gasteiger partial charge in [0.1, 0.15) is 5.92 Å². The number of ketones is 1. The number of carbonyl (C=O) groups is 1. The highest BCUT2D eigenvalue weighted by Crippen LogP contribution is 2.27. The molecule has 1 atom stereocenters. The Bertz CT molecular complexity index is 644. The van der Waals surface area contributed by atoms with Crippen molar-refractivity contribution in [2.45, 2.75) is 12.8 Å². The van der Waals surface area contributed by atoms with Gasteiger partial charge in [0, 0.05) is 10.0 Å². The van der Waals surface area contributed by atoms with Crippen LogP contribution in [0.2, 0.25) is 0 Å². The number of carbonyl (C=O) groups excluding carboxylic acids is 1. The van der Waals surface area contributed by atoms with Gasteiger partial charge in [-0.05, 0) is 34.0 Å². The number of nitriles is 1. The molecule has 2 rings (SSSR count). The Morgan fingerprint density at radius 2 is 1.84 bits per heavy atom. The highest BCUT2D eigenvalue weighted by atomic mass is 79.9. The van der Waals surface area contributed by atoms with Crippen molar-refractivity contribution in [1.82, 2.24) is 0 Å². The van der Waals surface area contributed by atoms with Gasteiger partial charge in [-0.1, -0.05) is 48.5 Å². The van der Waals surface area contributed by atoms with Gasteiger partial charge in [0.2, 0.25) is 0 Å². The number of halogens is 1. The Morgan fingerprint density at radius 3 is 2.47 bits per heavy atom. The summed E-state index contributed by atoms with van der Waals surface area (Å²) < 4.78 is 0.760. The third kappa shape index (κ3) is 2.74. The van der Waals surface area contributed by atoms with Crippen LogP contribution in [-0.2, 0) is 0 Å². The van der Waals surface area contributed by atoms with Crippen LogP contribution in [0.15, 0.2) is 53.0 Å². The summed E-state index contributed by atoms with van der Waals surface area (Å²) in [6.07, 6.45) is 0. The van der Waals surface area contributed by atoms with Crippen LogP contribution in [0.5, 0.6) is 0 Å². The van der Waals surface area contributed by atoms with Crippen molar-refractivity contribution in [3.63, 3.8) is 0 Å². The number of nitrogens with zero attached hydrogens (tertiary/aromatic N) is 1. The molecule has 0 fully saturated rings. The Balaban J connectivity index is 2.43. The van der Waals surface area contributed by atoms with Crippen LogP contribution in [0, 0.1) is 18.3 Å². The minimum absolute atomic E-state index is 0.177. The summed E-state index contributed by atoms with van der Waals surface area (Å²) in [4.78, 5) is 12.5. The van der Waals surface area contributed by atoms with E-state index in [1.807, 2.05) is 37.3 Å². The van der Waals surface area contributed by atoms with Crippen molar-refractivity contribution in [3.8, 4) is 6.07 Å². The fourth-order valence-corrected chi connectivity index (χ4v) is 2.38. The third-order valence-electron chi connectivity index (χ3n) is 2.98. The Hall–Kier alpha value is -1.92. The lowest BCUT2D eigenvalue weighted by atomic mass is 9.91. The lowest BCUT2D eigenvalue weighted by Crippen LogP contribution is -2.12. The summed E-state index contributed by atoms with van der Waals surface area (Å²) >= 11 is 3.42. The number of hydrogen-bond acceptors (Lipinski definition) is 2. The topological polar surface area (TPSA) is 40.9 Å². The maximum atomic E-state index is 12.5. The molecule has 0 spiro atoms. The van der Waals surface area contributed by atoms with Gasteiger partial charge in [-0.15, -0.1) is 0 Å². The van der Waals surface area contributed by atoms with Crippen LogP contribution in [0.3, 0.4) is 0 Å². The molecule has 0 saturated heterocycles. The molecule has 0 heterocycles. The minimum atomic E-state index is -0.765. The van der Waals surface area contributed by atoms with E-state index in [9.17, 15) is 10.1 Å². The van der Waals surface area contributed by atoms with E-state index in [0.29, 0.717) is 5.56 Å². The number of benzene rings is 2. The molecule has 2 nitrogen and oxygen atoms in total. The van der Waals surface area contributed by atoms with Crippen molar-refractivity contribution < 1.29 is 4.79 Å². The second-order valence-electron chi connectivity index (χ2n) is 4.27. The number of rotatable bonds is 3. The first-order chi connectivity index (χ1) is 9.15. The second kappa shape index (κ2) is 5.81. The molecule has 0 aliphatic carbocycles. The van der Waals surface area contributed by atoms with E-state index in [2.05, 4.69) is 22.0 Å². The second-order valence-corrected chi connectivity index (χ2v) is 5.07. The fourth-order valence-electron chi connectivity index (χ4n) is 1.92. The molecular formula is C16H12BrNO. The van der Waals surface area contributed by atoms with Gasteiger partial charge < -0.3 is 0 Å². The Morgan fingerprint density at radius 1 is 1.16 bits per heavy atom. The number of aryl methyl sites for hydroxylation is 1. The first-order valence-corrected chi connectivity index (χ1v) is 6.68. The normalized spacial score (nSPS) is 11.6. The van der Waals surface area contributed by atoms with Crippen molar-refractivity contribution in [3.05, 3.63) is 69.7 Å². The van der Waals surface area contributed by atoms with E-state index in [-0.39, 0.29) is 5.78 Å². The average molecular weight is 314 g/mol. The van der Waals surface area contributed by atoms with Crippen LogP contribution in [0.1, 0.15) is 27.4 Å². The van der Waals surface area contributed by atoms with E-state index < -0.39 is 5.92 Å². The van der Waals surface area contributed by atoms with Crippen LogP contribution >= 0.6 is 15.9 Å². The molecule has 0 amide bonds. The monoisotopic (exact) mass is 313 g/mol. The molecule has 0 aliphatic rings. The van der Waals surface area contributed by atoms with Gasteiger partial charge in [-0.2, -0.15) is 5.26 Å². The predicted octanol–water partition coefficient (Wildman–Crippen LogP) is 4.25. The summed E-state index contributed by atoms with van der Waals surface area (Å²) in [6, 6.07) is 16.7. The minimum Gasteiger partial charge on any atom is -0.292 e. The van der Waals surface area contributed by atoms with Crippen LogP contribution in [-0.4, -0.2) is 5.78 Å². The highest BCUT2D eigenvalue weighted by molar-refractivity contribution is 9.10. The summed E-state index contributed by atoms with van der Waals surface area (Å²) in [5.41, 5.74) is 2.26. The summed E-state index contributed by atoms with van der Waals surface area (Å²) in [6.45, 7) is 1.92. The van der Waals surface area contributed by atoms with E-state index in [4.69, 9.17) is 0 Å². The molecule has 0 radical (unpaired) electrons. The quantitative estimate of drug-likeness (QED) is 0.795. The molecule has 3 heteroatoms. The first kappa shape index (κ1) is 13.5. The van der Waals surface area contributed by atoms with E-state index in [1.54, 1.807) is 18.2 Å². The van der Waals surface area contributed by atoms with Crippen LogP contribution in [0.4, 0.5) is 0 Å². The Labute approximate surface area is 120 Å². The summed E-state index contributed by atoms with van der Waals surface area (Å²) in [5, 5.41) is 9.29. The standard InChI is InChI=1S/C16H12BrNO/c1-11-6-5-9-13(15(11)17)16(19)14(10-18)12-7-3-2-4-8-12/h2-9,14H,1H3. The molecule has 2 aromatic rings. The summed E-state index contributed by atoms with van der Waals surface area (Å²) in [7, 11) is 0. The lowest BCUT2D eigenvalue weighted by Gasteiger charge is -2.11. The van der Waals surface area contributed by atoms with Gasteiger partial charge in [0.05, 0.1) is 6.07 Å². The number of hydrogen-bond donors (Lipinski definition) is 0. The molecule has 0 aromatic heterocycles. The number of Topliss-reactive ketones (excluding diaryl/α,β-unsaturated/α-hetero) is 1. The maximum absolute atomic E-state index is 12.5. The van der Waals surface area contributed by atoms with Crippen molar-refractivity contribution in [2.24, 2.45) is 0 Å². The fraction of sp³-hybridized carbons (Fsp3) is 0.125.